The monoisotopic (exact) mass is 272 g/mol. The van der Waals surface area contributed by atoms with Crippen molar-refractivity contribution < 1.29 is 4.79 Å². The molecule has 1 rings (SSSR count). The van der Waals surface area contributed by atoms with E-state index in [2.05, 4.69) is 15.7 Å². The second-order valence-electron chi connectivity index (χ2n) is 3.14. The van der Waals surface area contributed by atoms with Crippen LogP contribution in [-0.2, 0) is 10.5 Å². The van der Waals surface area contributed by atoms with Crippen LogP contribution >= 0.6 is 21.6 Å². The van der Waals surface area contributed by atoms with E-state index in [0.29, 0.717) is 6.54 Å². The molecule has 17 heavy (non-hydrogen) atoms. The highest BCUT2D eigenvalue weighted by atomic mass is 33.1. The Balaban J connectivity index is 1.96. The Morgan fingerprint density at radius 3 is 3.00 bits per heavy atom. The van der Waals surface area contributed by atoms with Gasteiger partial charge in [0, 0.05) is 24.2 Å². The number of hydrogen-bond acceptors (Lipinski definition) is 6. The lowest BCUT2D eigenvalue weighted by molar-refractivity contribution is -0.120. The zero-order valence-corrected chi connectivity index (χ0v) is 11.0. The van der Waals surface area contributed by atoms with Gasteiger partial charge in [0.2, 0.25) is 5.91 Å². The predicted molar refractivity (Wildman–Crippen MR) is 73.2 cm³/mol. The van der Waals surface area contributed by atoms with Gasteiger partial charge in [0.05, 0.1) is 12.2 Å². The minimum atomic E-state index is -0.0807. The van der Waals surface area contributed by atoms with Crippen LogP contribution < -0.4 is 16.6 Å². The summed E-state index contributed by atoms with van der Waals surface area (Å²) in [6, 6.07) is 5.89. The molecule has 0 aliphatic heterocycles. The number of amides is 1. The molecule has 0 aliphatic rings. The average Bonchev–Trinajstić information content (AvgIpc) is 2.35. The Kier molecular flexibility index (Phi) is 7.81. The maximum Gasteiger partial charge on any atom is 0.235 e. The first-order valence-corrected chi connectivity index (χ1v) is 7.66. The second-order valence-corrected chi connectivity index (χ2v) is 5.72. The van der Waals surface area contributed by atoms with Crippen LogP contribution in [0.3, 0.4) is 0 Å². The highest BCUT2D eigenvalue weighted by molar-refractivity contribution is 8.76. The molecule has 4 N–H and O–H groups in total. The van der Waals surface area contributed by atoms with Gasteiger partial charge in [-0.05, 0) is 12.1 Å². The standard InChI is InChI=1S/C10H16N4OS2/c11-14-7-10(15)13-5-6-16-17-8-9-3-1-2-4-12-9/h1-4,14H,5-8,11H2,(H,13,15). The smallest absolute Gasteiger partial charge is 0.235 e. The number of carbonyl (C=O) groups is 1. The zero-order chi connectivity index (χ0) is 12.3. The molecule has 1 heterocycles. The lowest BCUT2D eigenvalue weighted by Crippen LogP contribution is -2.37. The van der Waals surface area contributed by atoms with E-state index in [9.17, 15) is 4.79 Å². The molecule has 1 aromatic heterocycles. The van der Waals surface area contributed by atoms with Crippen LogP contribution in [0.25, 0.3) is 0 Å². The number of rotatable bonds is 8. The van der Waals surface area contributed by atoms with Crippen molar-refractivity contribution in [1.82, 2.24) is 15.7 Å². The lowest BCUT2D eigenvalue weighted by atomic mass is 10.4. The Morgan fingerprint density at radius 1 is 1.41 bits per heavy atom. The molecule has 0 bridgehead atoms. The van der Waals surface area contributed by atoms with E-state index in [4.69, 9.17) is 5.84 Å². The van der Waals surface area contributed by atoms with Crippen LogP contribution in [0.15, 0.2) is 24.4 Å². The van der Waals surface area contributed by atoms with Gasteiger partial charge in [0.1, 0.15) is 0 Å². The second kappa shape index (κ2) is 9.29. The molecule has 0 fully saturated rings. The third-order valence-electron chi connectivity index (χ3n) is 1.79. The van der Waals surface area contributed by atoms with E-state index in [1.807, 2.05) is 18.2 Å². The Hall–Kier alpha value is -0.760. The van der Waals surface area contributed by atoms with Gasteiger partial charge in [-0.3, -0.25) is 21.0 Å². The third kappa shape index (κ3) is 7.22. The number of nitrogens with one attached hydrogen (secondary N) is 2. The average molecular weight is 272 g/mol. The summed E-state index contributed by atoms with van der Waals surface area (Å²) in [7, 11) is 3.45. The molecule has 1 amide bonds. The molecule has 0 aromatic carbocycles. The van der Waals surface area contributed by atoms with Crippen molar-refractivity contribution in [2.45, 2.75) is 5.75 Å². The topological polar surface area (TPSA) is 80.0 Å². The van der Waals surface area contributed by atoms with Gasteiger partial charge in [-0.1, -0.05) is 27.7 Å². The van der Waals surface area contributed by atoms with Crippen LogP contribution in [0.1, 0.15) is 5.69 Å². The van der Waals surface area contributed by atoms with Gasteiger partial charge in [-0.2, -0.15) is 0 Å². The molecule has 0 aliphatic carbocycles. The number of pyridine rings is 1. The van der Waals surface area contributed by atoms with Crippen molar-refractivity contribution in [3.8, 4) is 0 Å². The van der Waals surface area contributed by atoms with Crippen molar-refractivity contribution in [2.24, 2.45) is 5.84 Å². The minimum Gasteiger partial charge on any atom is -0.354 e. The summed E-state index contributed by atoms with van der Waals surface area (Å²) in [4.78, 5) is 15.2. The number of carbonyl (C=O) groups excluding carboxylic acids is 1. The van der Waals surface area contributed by atoms with Gasteiger partial charge < -0.3 is 5.32 Å². The van der Waals surface area contributed by atoms with Crippen LogP contribution in [0.4, 0.5) is 0 Å². The summed E-state index contributed by atoms with van der Waals surface area (Å²) in [5, 5.41) is 2.75. The highest BCUT2D eigenvalue weighted by Gasteiger charge is 1.98. The van der Waals surface area contributed by atoms with Crippen molar-refractivity contribution in [1.29, 1.82) is 0 Å². The SMILES string of the molecule is NNCC(=O)NCCSSCc1ccccn1. The first kappa shape index (κ1) is 14.3. The molecular weight excluding hydrogens is 256 g/mol. The number of hydrazine groups is 1. The van der Waals surface area contributed by atoms with Crippen molar-refractivity contribution in [3.05, 3.63) is 30.1 Å². The summed E-state index contributed by atoms with van der Waals surface area (Å²) in [6.45, 7) is 0.812. The molecule has 0 saturated heterocycles. The number of nitrogens with zero attached hydrogens (tertiary/aromatic N) is 1. The third-order valence-corrected chi connectivity index (χ3v) is 4.09. The number of hydrogen-bond donors (Lipinski definition) is 3. The first-order valence-electron chi connectivity index (χ1n) is 5.17. The maximum atomic E-state index is 11.0. The molecule has 1 aromatic rings. The maximum absolute atomic E-state index is 11.0. The number of aromatic nitrogens is 1. The fraction of sp³-hybridized carbons (Fsp3) is 0.400. The fourth-order valence-electron chi connectivity index (χ4n) is 1.03. The molecule has 7 heteroatoms. The summed E-state index contributed by atoms with van der Waals surface area (Å²) < 4.78 is 0. The van der Waals surface area contributed by atoms with Crippen LogP contribution in [0.2, 0.25) is 0 Å². The highest BCUT2D eigenvalue weighted by Crippen LogP contribution is 2.24. The van der Waals surface area contributed by atoms with Crippen LogP contribution in [-0.4, -0.2) is 29.7 Å². The molecule has 0 radical (unpaired) electrons. The van der Waals surface area contributed by atoms with Gasteiger partial charge >= 0.3 is 0 Å². The summed E-state index contributed by atoms with van der Waals surface area (Å²) >= 11 is 0. The van der Waals surface area contributed by atoms with Gasteiger partial charge in [-0.25, -0.2) is 0 Å². The van der Waals surface area contributed by atoms with E-state index in [0.717, 1.165) is 17.2 Å². The van der Waals surface area contributed by atoms with Crippen molar-refractivity contribution in [2.75, 3.05) is 18.8 Å². The van der Waals surface area contributed by atoms with E-state index in [1.54, 1.807) is 27.8 Å². The summed E-state index contributed by atoms with van der Waals surface area (Å²) in [5.74, 6) is 6.69. The van der Waals surface area contributed by atoms with Gasteiger partial charge in [-0.15, -0.1) is 0 Å². The van der Waals surface area contributed by atoms with Crippen LogP contribution in [0, 0.1) is 0 Å². The molecular formula is C10H16N4OS2. The van der Waals surface area contributed by atoms with Gasteiger partial charge in [0.25, 0.3) is 0 Å². The minimum absolute atomic E-state index is 0.0807. The Bertz CT molecular complexity index is 323. The van der Waals surface area contributed by atoms with E-state index in [1.165, 1.54) is 0 Å². The molecule has 5 nitrogen and oxygen atoms in total. The van der Waals surface area contributed by atoms with E-state index < -0.39 is 0 Å². The number of nitrogens with two attached hydrogens (primary N) is 1. The Labute approximate surface area is 109 Å². The largest absolute Gasteiger partial charge is 0.354 e. The predicted octanol–water partition coefficient (Wildman–Crippen LogP) is 0.542. The van der Waals surface area contributed by atoms with Crippen molar-refractivity contribution in [3.63, 3.8) is 0 Å². The summed E-state index contributed by atoms with van der Waals surface area (Å²) in [6.07, 6.45) is 1.79. The molecule has 0 atom stereocenters. The quantitative estimate of drug-likeness (QED) is 0.277. The van der Waals surface area contributed by atoms with Gasteiger partial charge in [0.15, 0.2) is 0 Å². The first-order chi connectivity index (χ1) is 8.33. The molecule has 0 spiro atoms. The summed E-state index contributed by atoms with van der Waals surface area (Å²) in [5.41, 5.74) is 3.38. The normalized spacial score (nSPS) is 10.2. The molecule has 0 saturated carbocycles. The lowest BCUT2D eigenvalue weighted by Gasteiger charge is -2.04. The Morgan fingerprint density at radius 2 is 2.29 bits per heavy atom. The van der Waals surface area contributed by atoms with E-state index >= 15 is 0 Å². The fourth-order valence-corrected chi connectivity index (χ4v) is 2.93. The zero-order valence-electron chi connectivity index (χ0n) is 9.39. The molecule has 94 valence electrons. The molecule has 0 unspecified atom stereocenters. The van der Waals surface area contributed by atoms with Crippen LogP contribution in [0.5, 0.6) is 0 Å². The van der Waals surface area contributed by atoms with E-state index in [-0.39, 0.29) is 12.5 Å². The van der Waals surface area contributed by atoms with Crippen molar-refractivity contribution >= 4 is 27.5 Å².